The summed E-state index contributed by atoms with van der Waals surface area (Å²) in [4.78, 5) is 11.7. The van der Waals surface area contributed by atoms with Crippen LogP contribution in [0, 0.1) is 0 Å². The van der Waals surface area contributed by atoms with E-state index in [0.717, 1.165) is 48.4 Å². The molecule has 0 aliphatic carbocycles. The van der Waals surface area contributed by atoms with E-state index in [1.54, 1.807) is 0 Å². The molecule has 0 amide bonds. The van der Waals surface area contributed by atoms with Crippen LogP contribution in [0.5, 0.6) is 0 Å². The lowest BCUT2D eigenvalue weighted by atomic mass is 10.1. The molecular weight excluding hydrogens is 336 g/mol. The summed E-state index contributed by atoms with van der Waals surface area (Å²) in [5.74, 6) is -0.122. The van der Waals surface area contributed by atoms with Gasteiger partial charge in [0, 0.05) is 18.1 Å². The summed E-state index contributed by atoms with van der Waals surface area (Å²) in [6, 6.07) is 17.4. The average molecular weight is 361 g/mol. The van der Waals surface area contributed by atoms with Gasteiger partial charge in [0.15, 0.2) is 0 Å². The minimum absolute atomic E-state index is 0.122. The number of rotatable bonds is 11. The monoisotopic (exact) mass is 360 g/mol. The summed E-state index contributed by atoms with van der Waals surface area (Å²) < 4.78 is 10.9. The summed E-state index contributed by atoms with van der Waals surface area (Å²) in [7, 11) is 0. The highest BCUT2D eigenvalue weighted by Crippen LogP contribution is 2.11. The Morgan fingerprint density at radius 3 is 2.24 bits per heavy atom. The maximum Gasteiger partial charge on any atom is 0.306 e. The molecule has 0 radical (unpaired) electrons. The van der Waals surface area contributed by atoms with Crippen molar-refractivity contribution in [2.24, 2.45) is 0 Å². The van der Waals surface area contributed by atoms with Crippen molar-refractivity contribution in [2.75, 3.05) is 6.61 Å². The van der Waals surface area contributed by atoms with E-state index in [9.17, 15) is 4.79 Å². The Hall–Kier alpha value is -1.84. The fourth-order valence-corrected chi connectivity index (χ4v) is 2.53. The number of hydrogen-bond acceptors (Lipinski definition) is 3. The van der Waals surface area contributed by atoms with Crippen molar-refractivity contribution in [1.29, 1.82) is 0 Å². The van der Waals surface area contributed by atoms with Gasteiger partial charge < -0.3 is 9.47 Å². The van der Waals surface area contributed by atoms with Crippen molar-refractivity contribution in [3.8, 4) is 0 Å². The van der Waals surface area contributed by atoms with Gasteiger partial charge in [-0.2, -0.15) is 0 Å². The molecule has 4 heteroatoms. The first-order valence-electron chi connectivity index (χ1n) is 8.76. The van der Waals surface area contributed by atoms with E-state index in [1.807, 2.05) is 54.6 Å². The van der Waals surface area contributed by atoms with Crippen LogP contribution in [0.15, 0.2) is 54.6 Å². The molecule has 0 heterocycles. The molecular formula is C21H25ClO3. The van der Waals surface area contributed by atoms with E-state index in [0.29, 0.717) is 19.6 Å². The third-order valence-electron chi connectivity index (χ3n) is 3.84. The summed E-state index contributed by atoms with van der Waals surface area (Å²) in [5, 5.41) is 0.742. The van der Waals surface area contributed by atoms with E-state index in [4.69, 9.17) is 21.1 Å². The van der Waals surface area contributed by atoms with Crippen LogP contribution in [-0.4, -0.2) is 12.6 Å². The van der Waals surface area contributed by atoms with Crippen molar-refractivity contribution in [2.45, 2.75) is 45.3 Å². The fourth-order valence-electron chi connectivity index (χ4n) is 2.41. The summed E-state index contributed by atoms with van der Waals surface area (Å²) >= 11 is 5.84. The summed E-state index contributed by atoms with van der Waals surface area (Å²) in [6.07, 6.45) is 4.44. The van der Waals surface area contributed by atoms with Crippen LogP contribution in [0.2, 0.25) is 5.02 Å². The molecule has 2 rings (SSSR count). The first kappa shape index (κ1) is 19.5. The van der Waals surface area contributed by atoms with Gasteiger partial charge in [-0.3, -0.25) is 4.79 Å². The fraction of sp³-hybridized carbons (Fsp3) is 0.381. The van der Waals surface area contributed by atoms with E-state index in [2.05, 4.69) is 0 Å². The van der Waals surface area contributed by atoms with Crippen LogP contribution in [0.1, 0.15) is 43.2 Å². The van der Waals surface area contributed by atoms with Crippen molar-refractivity contribution in [3.05, 3.63) is 70.7 Å². The van der Waals surface area contributed by atoms with E-state index < -0.39 is 0 Å². The minimum atomic E-state index is -0.122. The molecule has 0 atom stereocenters. The van der Waals surface area contributed by atoms with Crippen LogP contribution < -0.4 is 0 Å². The molecule has 0 aliphatic heterocycles. The normalized spacial score (nSPS) is 10.6. The van der Waals surface area contributed by atoms with Gasteiger partial charge in [0.25, 0.3) is 0 Å². The van der Waals surface area contributed by atoms with Gasteiger partial charge in [-0.1, -0.05) is 66.9 Å². The Balaban J connectivity index is 1.42. The number of ether oxygens (including phenoxy) is 2. The maximum atomic E-state index is 11.7. The van der Waals surface area contributed by atoms with Crippen LogP contribution in [0.25, 0.3) is 0 Å². The first-order valence-corrected chi connectivity index (χ1v) is 9.13. The van der Waals surface area contributed by atoms with Crippen LogP contribution in [-0.2, 0) is 27.5 Å². The summed E-state index contributed by atoms with van der Waals surface area (Å²) in [6.45, 7) is 1.71. The van der Waals surface area contributed by atoms with Crippen molar-refractivity contribution < 1.29 is 14.3 Å². The number of halogens is 1. The van der Waals surface area contributed by atoms with Crippen LogP contribution >= 0.6 is 11.6 Å². The van der Waals surface area contributed by atoms with E-state index in [1.165, 1.54) is 0 Å². The second kappa shape index (κ2) is 11.7. The van der Waals surface area contributed by atoms with Gasteiger partial charge in [0.1, 0.15) is 6.61 Å². The Kier molecular flexibility index (Phi) is 9.09. The quantitative estimate of drug-likeness (QED) is 0.389. The number of hydrogen-bond donors (Lipinski definition) is 0. The molecule has 25 heavy (non-hydrogen) atoms. The molecule has 0 spiro atoms. The third kappa shape index (κ3) is 8.71. The van der Waals surface area contributed by atoms with Crippen LogP contribution in [0.3, 0.4) is 0 Å². The Bertz CT molecular complexity index is 611. The molecule has 0 fully saturated rings. The third-order valence-corrected chi connectivity index (χ3v) is 4.10. The van der Waals surface area contributed by atoms with Gasteiger partial charge in [-0.25, -0.2) is 0 Å². The lowest BCUT2D eigenvalue weighted by molar-refractivity contribution is -0.145. The highest BCUT2D eigenvalue weighted by atomic mass is 35.5. The molecule has 0 saturated heterocycles. The van der Waals surface area contributed by atoms with Gasteiger partial charge in [-0.05, 0) is 36.1 Å². The number of carbonyl (C=O) groups is 1. The number of esters is 1. The van der Waals surface area contributed by atoms with Crippen molar-refractivity contribution >= 4 is 17.6 Å². The molecule has 0 bridgehead atoms. The minimum Gasteiger partial charge on any atom is -0.461 e. The highest BCUT2D eigenvalue weighted by molar-refractivity contribution is 6.30. The zero-order chi connectivity index (χ0) is 17.7. The Labute approximate surface area is 154 Å². The number of unbranched alkanes of at least 4 members (excludes halogenated alkanes) is 3. The largest absolute Gasteiger partial charge is 0.461 e. The Morgan fingerprint density at radius 1 is 0.800 bits per heavy atom. The zero-order valence-electron chi connectivity index (χ0n) is 14.5. The molecule has 0 saturated carbocycles. The smallest absolute Gasteiger partial charge is 0.306 e. The second-order valence-electron chi connectivity index (χ2n) is 5.99. The second-order valence-corrected chi connectivity index (χ2v) is 6.43. The van der Waals surface area contributed by atoms with E-state index >= 15 is 0 Å². The molecule has 0 aliphatic rings. The van der Waals surface area contributed by atoms with Gasteiger partial charge >= 0.3 is 5.97 Å². The number of carbonyl (C=O) groups excluding carboxylic acids is 1. The molecule has 3 nitrogen and oxygen atoms in total. The molecule has 0 aromatic heterocycles. The zero-order valence-corrected chi connectivity index (χ0v) is 15.2. The molecule has 2 aromatic rings. The Morgan fingerprint density at radius 2 is 1.48 bits per heavy atom. The molecule has 0 unspecified atom stereocenters. The molecule has 134 valence electrons. The highest BCUT2D eigenvalue weighted by Gasteiger charge is 2.03. The predicted octanol–water partition coefficient (Wildman–Crippen LogP) is 5.55. The topological polar surface area (TPSA) is 35.5 Å². The lowest BCUT2D eigenvalue weighted by Crippen LogP contribution is -2.04. The van der Waals surface area contributed by atoms with Gasteiger partial charge in [0.2, 0.25) is 0 Å². The van der Waals surface area contributed by atoms with Gasteiger partial charge in [-0.15, -0.1) is 0 Å². The van der Waals surface area contributed by atoms with E-state index in [-0.39, 0.29) is 5.97 Å². The molecule has 0 N–H and O–H groups in total. The van der Waals surface area contributed by atoms with Gasteiger partial charge in [0.05, 0.1) is 6.61 Å². The lowest BCUT2D eigenvalue weighted by Gasteiger charge is -2.06. The average Bonchev–Trinajstić information content (AvgIpc) is 2.64. The SMILES string of the molecule is O=C(CCCCCCOCc1ccc(Cl)cc1)OCc1ccccc1. The number of benzene rings is 2. The molecule has 2 aromatic carbocycles. The van der Waals surface area contributed by atoms with Crippen molar-refractivity contribution in [3.63, 3.8) is 0 Å². The maximum absolute atomic E-state index is 11.7. The predicted molar refractivity (Wildman–Crippen MR) is 100 cm³/mol. The first-order chi connectivity index (χ1) is 12.2. The van der Waals surface area contributed by atoms with Crippen LogP contribution in [0.4, 0.5) is 0 Å². The summed E-state index contributed by atoms with van der Waals surface area (Å²) in [5.41, 5.74) is 2.15. The standard InChI is InChI=1S/C21H25ClO3/c22-20-13-11-19(12-14-20)16-24-15-7-2-1-6-10-21(23)25-17-18-8-4-3-5-9-18/h3-5,8-9,11-14H,1-2,6-7,10,15-17H2. The van der Waals surface area contributed by atoms with Crippen molar-refractivity contribution in [1.82, 2.24) is 0 Å².